The van der Waals surface area contributed by atoms with E-state index in [0.717, 1.165) is 5.56 Å². The van der Waals surface area contributed by atoms with Crippen LogP contribution in [-0.4, -0.2) is 11.2 Å². The predicted octanol–water partition coefficient (Wildman–Crippen LogP) is 5.51. The summed E-state index contributed by atoms with van der Waals surface area (Å²) >= 11 is 0. The standard InChI is InChI=1S/C25H29NO/c1-18(2)25(27)24(22-9-5-4-6-10-22)26-17-20-8-7-11-23(16-20)21-14-12-19(3)13-15-21/h4-16,18,24-27H,17H2,1-3H3. The topological polar surface area (TPSA) is 32.3 Å². The zero-order valence-corrected chi connectivity index (χ0v) is 16.4. The van der Waals surface area contributed by atoms with E-state index < -0.39 is 6.10 Å². The fourth-order valence-corrected chi connectivity index (χ4v) is 3.32. The fourth-order valence-electron chi connectivity index (χ4n) is 3.32. The number of nitrogens with one attached hydrogen (secondary N) is 1. The molecule has 140 valence electrons. The molecule has 0 radical (unpaired) electrons. The van der Waals surface area contributed by atoms with Crippen LogP contribution in [0.5, 0.6) is 0 Å². The molecule has 0 heterocycles. The Morgan fingerprint density at radius 1 is 0.815 bits per heavy atom. The number of rotatable bonds is 7. The monoisotopic (exact) mass is 359 g/mol. The van der Waals surface area contributed by atoms with E-state index in [1.54, 1.807) is 0 Å². The fraction of sp³-hybridized carbons (Fsp3) is 0.280. The second-order valence-electron chi connectivity index (χ2n) is 7.57. The Labute approximate surface area is 162 Å². The largest absolute Gasteiger partial charge is 0.391 e. The van der Waals surface area contributed by atoms with Crippen molar-refractivity contribution in [3.8, 4) is 11.1 Å². The van der Waals surface area contributed by atoms with Crippen molar-refractivity contribution in [2.75, 3.05) is 0 Å². The van der Waals surface area contributed by atoms with Gasteiger partial charge in [0.15, 0.2) is 0 Å². The summed E-state index contributed by atoms with van der Waals surface area (Å²) in [6.45, 7) is 6.93. The van der Waals surface area contributed by atoms with Gasteiger partial charge in [0.25, 0.3) is 0 Å². The highest BCUT2D eigenvalue weighted by molar-refractivity contribution is 5.64. The molecule has 0 spiro atoms. The van der Waals surface area contributed by atoms with Gasteiger partial charge in [-0.15, -0.1) is 0 Å². The molecule has 0 saturated carbocycles. The number of hydrogen-bond donors (Lipinski definition) is 2. The number of aliphatic hydroxyl groups is 1. The molecule has 0 aliphatic heterocycles. The van der Waals surface area contributed by atoms with Gasteiger partial charge >= 0.3 is 0 Å². The van der Waals surface area contributed by atoms with Crippen LogP contribution >= 0.6 is 0 Å². The summed E-state index contributed by atoms with van der Waals surface area (Å²) in [6, 6.07) is 27.3. The quantitative estimate of drug-likeness (QED) is 0.583. The maximum Gasteiger partial charge on any atom is 0.0757 e. The summed E-state index contributed by atoms with van der Waals surface area (Å²) in [5.74, 6) is 0.182. The van der Waals surface area contributed by atoms with Crippen molar-refractivity contribution in [1.29, 1.82) is 0 Å². The Bertz CT molecular complexity index is 840. The van der Waals surface area contributed by atoms with Gasteiger partial charge in [-0.1, -0.05) is 92.2 Å². The summed E-state index contributed by atoms with van der Waals surface area (Å²) in [5, 5.41) is 14.3. The van der Waals surface area contributed by atoms with Crippen LogP contribution in [0.15, 0.2) is 78.9 Å². The molecule has 0 aliphatic rings. The van der Waals surface area contributed by atoms with Crippen molar-refractivity contribution in [3.05, 3.63) is 95.6 Å². The summed E-state index contributed by atoms with van der Waals surface area (Å²) in [6.07, 6.45) is -0.437. The summed E-state index contributed by atoms with van der Waals surface area (Å²) < 4.78 is 0. The van der Waals surface area contributed by atoms with Gasteiger partial charge < -0.3 is 10.4 Å². The first-order valence-electron chi connectivity index (χ1n) is 9.67. The lowest BCUT2D eigenvalue weighted by Crippen LogP contribution is -2.35. The first-order chi connectivity index (χ1) is 13.0. The third-order valence-corrected chi connectivity index (χ3v) is 5.02. The zero-order valence-electron chi connectivity index (χ0n) is 16.4. The lowest BCUT2D eigenvalue weighted by atomic mass is 9.93. The minimum atomic E-state index is -0.437. The molecule has 2 N–H and O–H groups in total. The average molecular weight is 360 g/mol. The van der Waals surface area contributed by atoms with Gasteiger partial charge in [-0.3, -0.25) is 0 Å². The molecule has 3 aromatic rings. The van der Waals surface area contributed by atoms with Crippen molar-refractivity contribution in [2.45, 2.75) is 39.5 Å². The molecule has 0 bridgehead atoms. The zero-order chi connectivity index (χ0) is 19.2. The van der Waals surface area contributed by atoms with Gasteiger partial charge in [-0.2, -0.15) is 0 Å². The molecule has 2 atom stereocenters. The van der Waals surface area contributed by atoms with Gasteiger partial charge in [0, 0.05) is 6.54 Å². The van der Waals surface area contributed by atoms with Crippen LogP contribution in [-0.2, 0) is 6.54 Å². The van der Waals surface area contributed by atoms with Crippen molar-refractivity contribution >= 4 is 0 Å². The smallest absolute Gasteiger partial charge is 0.0757 e. The van der Waals surface area contributed by atoms with Gasteiger partial charge in [0.1, 0.15) is 0 Å². The van der Waals surface area contributed by atoms with Gasteiger partial charge in [0.2, 0.25) is 0 Å². The van der Waals surface area contributed by atoms with Crippen LogP contribution in [0.2, 0.25) is 0 Å². The number of benzene rings is 3. The van der Waals surface area contributed by atoms with E-state index in [9.17, 15) is 5.11 Å². The van der Waals surface area contributed by atoms with E-state index in [0.29, 0.717) is 6.54 Å². The third kappa shape index (κ3) is 5.06. The van der Waals surface area contributed by atoms with Crippen molar-refractivity contribution in [2.24, 2.45) is 5.92 Å². The Morgan fingerprint density at radius 2 is 1.52 bits per heavy atom. The van der Waals surface area contributed by atoms with Crippen LogP contribution in [0.25, 0.3) is 11.1 Å². The molecular formula is C25H29NO. The minimum Gasteiger partial charge on any atom is -0.391 e. The van der Waals surface area contributed by atoms with Gasteiger partial charge in [-0.05, 0) is 41.2 Å². The predicted molar refractivity (Wildman–Crippen MR) is 113 cm³/mol. The molecule has 0 aromatic heterocycles. The molecule has 0 aliphatic carbocycles. The van der Waals surface area contributed by atoms with E-state index in [1.165, 1.54) is 22.3 Å². The van der Waals surface area contributed by atoms with Crippen LogP contribution < -0.4 is 5.32 Å². The Hall–Kier alpha value is -2.42. The second-order valence-corrected chi connectivity index (χ2v) is 7.57. The van der Waals surface area contributed by atoms with E-state index >= 15 is 0 Å². The van der Waals surface area contributed by atoms with E-state index in [2.05, 4.69) is 86.8 Å². The van der Waals surface area contributed by atoms with Crippen molar-refractivity contribution in [3.63, 3.8) is 0 Å². The number of aryl methyl sites for hydroxylation is 1. The lowest BCUT2D eigenvalue weighted by Gasteiger charge is -2.27. The van der Waals surface area contributed by atoms with Crippen LogP contribution in [0.4, 0.5) is 0 Å². The lowest BCUT2D eigenvalue weighted by molar-refractivity contribution is 0.0822. The van der Waals surface area contributed by atoms with Crippen LogP contribution in [0.3, 0.4) is 0 Å². The highest BCUT2D eigenvalue weighted by atomic mass is 16.3. The normalized spacial score (nSPS) is 13.5. The molecule has 3 aromatic carbocycles. The molecule has 2 heteroatoms. The molecule has 0 saturated heterocycles. The van der Waals surface area contributed by atoms with Gasteiger partial charge in [0.05, 0.1) is 12.1 Å². The first-order valence-corrected chi connectivity index (χ1v) is 9.67. The van der Waals surface area contributed by atoms with Crippen LogP contribution in [0, 0.1) is 12.8 Å². The van der Waals surface area contributed by atoms with E-state index in [4.69, 9.17) is 0 Å². The summed E-state index contributed by atoms with van der Waals surface area (Å²) in [4.78, 5) is 0. The Morgan fingerprint density at radius 3 is 2.19 bits per heavy atom. The molecule has 0 amide bonds. The number of hydrogen-bond acceptors (Lipinski definition) is 2. The van der Waals surface area contributed by atoms with Crippen molar-refractivity contribution < 1.29 is 5.11 Å². The van der Waals surface area contributed by atoms with Crippen molar-refractivity contribution in [1.82, 2.24) is 5.32 Å². The maximum atomic E-state index is 10.7. The Balaban J connectivity index is 1.77. The summed E-state index contributed by atoms with van der Waals surface area (Å²) in [7, 11) is 0. The molecule has 3 rings (SSSR count). The highest BCUT2D eigenvalue weighted by Crippen LogP contribution is 2.24. The van der Waals surface area contributed by atoms with Crippen LogP contribution in [0.1, 0.15) is 36.6 Å². The highest BCUT2D eigenvalue weighted by Gasteiger charge is 2.23. The van der Waals surface area contributed by atoms with Gasteiger partial charge in [-0.25, -0.2) is 0 Å². The number of aliphatic hydroxyl groups excluding tert-OH is 1. The average Bonchev–Trinajstić information content (AvgIpc) is 2.69. The summed E-state index contributed by atoms with van der Waals surface area (Å²) in [5.41, 5.74) is 6.04. The molecule has 2 nitrogen and oxygen atoms in total. The molecule has 2 unspecified atom stereocenters. The first kappa shape index (κ1) is 19.3. The molecular weight excluding hydrogens is 330 g/mol. The van der Waals surface area contributed by atoms with E-state index in [-0.39, 0.29) is 12.0 Å². The SMILES string of the molecule is Cc1ccc(-c2cccc(CNC(c3ccccc3)C(O)C(C)C)c2)cc1. The Kier molecular flexibility index (Phi) is 6.44. The minimum absolute atomic E-state index is 0.0887. The molecule has 0 fully saturated rings. The van der Waals surface area contributed by atoms with E-state index in [1.807, 2.05) is 18.2 Å². The maximum absolute atomic E-state index is 10.7. The third-order valence-electron chi connectivity index (χ3n) is 5.02. The molecule has 27 heavy (non-hydrogen) atoms. The second kappa shape index (κ2) is 8.98.